The van der Waals surface area contributed by atoms with Gasteiger partial charge < -0.3 is 40.2 Å². The lowest BCUT2D eigenvalue weighted by Gasteiger charge is -2.47. The molecule has 0 bridgehead atoms. The lowest BCUT2D eigenvalue weighted by Crippen LogP contribution is -2.58. The Morgan fingerprint density at radius 3 is 2.67 bits per heavy atom. The van der Waals surface area contributed by atoms with Crippen molar-refractivity contribution in [3.05, 3.63) is 43.4 Å². The minimum Gasteiger partial charge on any atom is -0.506 e. The van der Waals surface area contributed by atoms with Crippen molar-refractivity contribution in [1.82, 2.24) is 25.1 Å². The molecule has 1 amide bonds. The van der Waals surface area contributed by atoms with Crippen LogP contribution in [0.5, 0.6) is 5.75 Å². The number of amides is 1. The molecule has 15 heteroatoms. The number of benzene rings is 1. The first-order valence-electron chi connectivity index (χ1n) is 16.7. The van der Waals surface area contributed by atoms with E-state index in [0.717, 1.165) is 66.9 Å². The summed E-state index contributed by atoms with van der Waals surface area (Å²) in [4.78, 5) is 44.7. The maximum absolute atomic E-state index is 13.1. The number of likely N-dealkylation sites (tertiary alicyclic amines) is 1. The van der Waals surface area contributed by atoms with Gasteiger partial charge in [-0.15, -0.1) is 11.3 Å². The van der Waals surface area contributed by atoms with Gasteiger partial charge in [0.15, 0.2) is 0 Å². The molecule has 2 fully saturated rings. The van der Waals surface area contributed by atoms with Crippen molar-refractivity contribution in [1.29, 1.82) is 0 Å². The van der Waals surface area contributed by atoms with Crippen molar-refractivity contribution in [3.8, 4) is 5.75 Å². The van der Waals surface area contributed by atoms with Gasteiger partial charge in [0.25, 0.3) is 12.4 Å². The highest BCUT2D eigenvalue weighted by molar-refractivity contribution is 7.99. The second-order valence-corrected chi connectivity index (χ2v) is 15.7. The number of carboxylic acid groups (broad SMARTS) is 1. The summed E-state index contributed by atoms with van der Waals surface area (Å²) in [6.45, 7) is 10.3. The highest BCUT2D eigenvalue weighted by atomic mass is 32.2. The lowest BCUT2D eigenvalue weighted by molar-refractivity contribution is -0.127. The Morgan fingerprint density at radius 2 is 1.94 bits per heavy atom. The zero-order valence-electron chi connectivity index (χ0n) is 27.8. The number of carbonyl (C=O) groups is 2. The average molecular weight is 724 g/mol. The molecule has 5 N–H and O–H groups in total. The maximum atomic E-state index is 13.1. The number of morpholine rings is 1. The zero-order chi connectivity index (χ0) is 34.5. The lowest BCUT2D eigenvalue weighted by atomic mass is 9.89. The third-order valence-corrected chi connectivity index (χ3v) is 11.9. The standard InChI is InChI=1S/C32H47N5O5S3.CH2O2/c1-22(2)29-34-24(20-44-29)30(40)37-15-16-42-32(21-37)9-13-36(14-10-32)12-5-3-4-6-17-43-18-11-33-19-26(39)23-7-8-25(38)27-28(23)45-31(41)35-27;2-1-3/h7-8,20,22,26,33,38-39H,3-6,9-19,21H2,1-2H3,(H,35,41);1H,(H,2,3)/t26-;/m0./s1. The van der Waals surface area contributed by atoms with Crippen LogP contribution < -0.4 is 10.2 Å². The Kier molecular flexibility index (Phi) is 15.2. The number of H-pyrrole nitrogens is 1. The number of carbonyl (C=O) groups excluding carboxylic acids is 1. The summed E-state index contributed by atoms with van der Waals surface area (Å²) in [5.41, 5.74) is 1.41. The Bertz CT molecular complexity index is 1500. The number of aliphatic hydroxyl groups is 1. The predicted octanol–water partition coefficient (Wildman–Crippen LogP) is 4.50. The van der Waals surface area contributed by atoms with Crippen LogP contribution in [0.2, 0.25) is 0 Å². The number of nitrogens with one attached hydrogen (secondary N) is 2. The molecular formula is C33H49N5O7S3. The molecule has 2 aliphatic heterocycles. The Labute approximate surface area is 293 Å². The number of phenolic OH excluding ortho intramolecular Hbond substituents is 1. The fourth-order valence-electron chi connectivity index (χ4n) is 6.11. The van der Waals surface area contributed by atoms with Crippen molar-refractivity contribution < 1.29 is 29.6 Å². The highest BCUT2D eigenvalue weighted by Gasteiger charge is 2.41. The van der Waals surface area contributed by atoms with E-state index in [-0.39, 0.29) is 28.6 Å². The molecule has 1 aromatic carbocycles. The fourth-order valence-corrected chi connectivity index (χ4v) is 8.74. The third kappa shape index (κ3) is 10.7. The molecule has 2 aromatic heterocycles. The summed E-state index contributed by atoms with van der Waals surface area (Å²) in [7, 11) is 0. The van der Waals surface area contributed by atoms with Crippen LogP contribution in [-0.4, -0.2) is 117 Å². The van der Waals surface area contributed by atoms with Crippen molar-refractivity contribution in [2.24, 2.45) is 0 Å². The molecule has 0 unspecified atom stereocenters. The summed E-state index contributed by atoms with van der Waals surface area (Å²) in [5, 5.41) is 33.7. The van der Waals surface area contributed by atoms with E-state index >= 15 is 0 Å². The summed E-state index contributed by atoms with van der Waals surface area (Å²) in [5.74, 6) is 2.52. The molecule has 2 aliphatic rings. The molecule has 4 heterocycles. The number of hydrogen-bond donors (Lipinski definition) is 5. The second-order valence-electron chi connectivity index (χ2n) is 12.6. The van der Waals surface area contributed by atoms with Crippen LogP contribution in [-0.2, 0) is 9.53 Å². The fraction of sp³-hybridized carbons (Fsp3) is 0.636. The molecule has 3 aromatic rings. The van der Waals surface area contributed by atoms with Gasteiger partial charge in [0.05, 0.1) is 34.6 Å². The van der Waals surface area contributed by atoms with E-state index in [0.29, 0.717) is 53.6 Å². The van der Waals surface area contributed by atoms with E-state index in [4.69, 9.17) is 14.6 Å². The van der Waals surface area contributed by atoms with Gasteiger partial charge in [-0.1, -0.05) is 44.1 Å². The first-order valence-corrected chi connectivity index (χ1v) is 19.5. The van der Waals surface area contributed by atoms with Gasteiger partial charge in [-0.25, -0.2) is 4.98 Å². The van der Waals surface area contributed by atoms with Crippen molar-refractivity contribution in [2.45, 2.75) is 70.0 Å². The number of aromatic amines is 1. The first-order chi connectivity index (χ1) is 23.2. The normalized spacial score (nSPS) is 17.0. The number of thiazole rings is 2. The molecular weight excluding hydrogens is 675 g/mol. The van der Waals surface area contributed by atoms with Crippen LogP contribution in [0.25, 0.3) is 10.2 Å². The number of unbranched alkanes of at least 4 members (excludes halogenated alkanes) is 3. The van der Waals surface area contributed by atoms with Gasteiger partial charge in [0.1, 0.15) is 17.0 Å². The monoisotopic (exact) mass is 723 g/mol. The second kappa shape index (κ2) is 19.0. The minimum atomic E-state index is -0.740. The number of hydrogen-bond acceptors (Lipinski definition) is 12. The summed E-state index contributed by atoms with van der Waals surface area (Å²) < 4.78 is 6.90. The molecule has 0 aliphatic carbocycles. The Morgan fingerprint density at radius 1 is 1.19 bits per heavy atom. The van der Waals surface area contributed by atoms with Gasteiger partial charge in [-0.3, -0.25) is 14.4 Å². The first kappa shape index (κ1) is 38.3. The van der Waals surface area contributed by atoms with Crippen molar-refractivity contribution >= 4 is 57.0 Å². The Hall–Kier alpha value is -2.53. The van der Waals surface area contributed by atoms with Crippen LogP contribution in [0.4, 0.5) is 0 Å². The van der Waals surface area contributed by atoms with Gasteiger partial charge >= 0.3 is 4.87 Å². The quantitative estimate of drug-likeness (QED) is 0.111. The van der Waals surface area contributed by atoms with Gasteiger partial charge in [-0.2, -0.15) is 11.8 Å². The number of piperidine rings is 1. The third-order valence-electron chi connectivity index (χ3n) is 8.76. The number of thioether (sulfide) groups is 1. The van der Waals surface area contributed by atoms with E-state index in [1.165, 1.54) is 31.7 Å². The van der Waals surface area contributed by atoms with Crippen LogP contribution >= 0.6 is 34.4 Å². The average Bonchev–Trinajstić information content (AvgIpc) is 3.73. The zero-order valence-corrected chi connectivity index (χ0v) is 30.3. The van der Waals surface area contributed by atoms with Gasteiger partial charge in [0, 0.05) is 55.3 Å². The predicted molar refractivity (Wildman–Crippen MR) is 193 cm³/mol. The van der Waals surface area contributed by atoms with E-state index in [2.05, 4.69) is 34.0 Å². The molecule has 48 heavy (non-hydrogen) atoms. The molecule has 1 spiro atoms. The number of nitrogens with zero attached hydrogens (tertiary/aromatic N) is 3. The van der Waals surface area contributed by atoms with Crippen LogP contribution in [0.3, 0.4) is 0 Å². The van der Waals surface area contributed by atoms with Crippen LogP contribution in [0, 0.1) is 0 Å². The highest BCUT2D eigenvalue weighted by Crippen LogP contribution is 2.32. The smallest absolute Gasteiger partial charge is 0.305 e. The molecule has 5 rings (SSSR count). The van der Waals surface area contributed by atoms with Crippen molar-refractivity contribution in [3.63, 3.8) is 0 Å². The van der Waals surface area contributed by atoms with E-state index < -0.39 is 6.10 Å². The molecule has 266 valence electrons. The molecule has 1 atom stereocenters. The van der Waals surface area contributed by atoms with E-state index in [9.17, 15) is 19.8 Å². The van der Waals surface area contributed by atoms with Crippen LogP contribution in [0.15, 0.2) is 22.3 Å². The number of rotatable bonds is 15. The molecule has 2 saturated heterocycles. The number of fused-ring (bicyclic) bond motifs is 1. The molecule has 0 radical (unpaired) electrons. The summed E-state index contributed by atoms with van der Waals surface area (Å²) >= 11 is 4.52. The number of aliphatic hydroxyl groups excluding tert-OH is 1. The largest absolute Gasteiger partial charge is 0.506 e. The summed E-state index contributed by atoms with van der Waals surface area (Å²) in [6.07, 6.45) is 6.11. The van der Waals surface area contributed by atoms with E-state index in [1.54, 1.807) is 17.4 Å². The van der Waals surface area contributed by atoms with Crippen LogP contribution in [0.1, 0.15) is 85.5 Å². The van der Waals surface area contributed by atoms with Gasteiger partial charge in [0.2, 0.25) is 0 Å². The Balaban J connectivity index is 0.00000167. The SMILES string of the molecule is CC(C)c1nc(C(=O)N2CCOC3(CCN(CCCCCCSCCNC[C@H](O)c4ccc(O)c5[nH]c(=O)sc45)CC3)C2)cs1.O=CO. The maximum Gasteiger partial charge on any atom is 0.305 e. The number of ether oxygens (including phenoxy) is 1. The molecule has 12 nitrogen and oxygen atoms in total. The number of aromatic hydroxyl groups is 1. The molecule has 0 saturated carbocycles. The van der Waals surface area contributed by atoms with Gasteiger partial charge in [-0.05, 0) is 44.0 Å². The summed E-state index contributed by atoms with van der Waals surface area (Å²) in [6, 6.07) is 3.19. The number of aromatic nitrogens is 2. The number of phenols is 1. The minimum absolute atomic E-state index is 0.0214. The van der Waals surface area contributed by atoms with Crippen molar-refractivity contribution in [2.75, 3.05) is 63.9 Å². The topological polar surface area (TPSA) is 168 Å². The van der Waals surface area contributed by atoms with E-state index in [1.807, 2.05) is 22.0 Å².